The highest BCUT2D eigenvalue weighted by atomic mass is 32.1. The van der Waals surface area contributed by atoms with Crippen LogP contribution in [0.2, 0.25) is 0 Å². The van der Waals surface area contributed by atoms with Gasteiger partial charge in [0.1, 0.15) is 11.2 Å². The van der Waals surface area contributed by atoms with E-state index in [0.717, 1.165) is 55.5 Å². The molecule has 2 aromatic heterocycles. The van der Waals surface area contributed by atoms with Crippen molar-refractivity contribution in [2.24, 2.45) is 0 Å². The zero-order valence-electron chi connectivity index (χ0n) is 32.0. The average molecular weight is 770 g/mol. The van der Waals surface area contributed by atoms with Gasteiger partial charge in [0.2, 0.25) is 0 Å². The van der Waals surface area contributed by atoms with Gasteiger partial charge in [0.05, 0.1) is 0 Å². The number of fused-ring (bicyclic) bond motifs is 9. The van der Waals surface area contributed by atoms with Crippen LogP contribution >= 0.6 is 11.3 Å². The van der Waals surface area contributed by atoms with Crippen LogP contribution in [0.4, 0.5) is 17.1 Å². The number of furan rings is 1. The highest BCUT2D eigenvalue weighted by Gasteiger charge is 2.18. The van der Waals surface area contributed by atoms with Gasteiger partial charge in [0.15, 0.2) is 0 Å². The monoisotopic (exact) mass is 769 g/mol. The van der Waals surface area contributed by atoms with E-state index in [4.69, 9.17) is 4.42 Å². The van der Waals surface area contributed by atoms with E-state index in [1.54, 1.807) is 0 Å². The zero-order chi connectivity index (χ0) is 38.9. The number of hydrogen-bond donors (Lipinski definition) is 0. The third-order valence-corrected chi connectivity index (χ3v) is 13.0. The number of nitrogens with zero attached hydrogens (tertiary/aromatic N) is 1. The highest BCUT2D eigenvalue weighted by molar-refractivity contribution is 7.25. The second-order valence-electron chi connectivity index (χ2n) is 15.2. The molecular weight excluding hydrogens is 735 g/mol. The fraction of sp³-hybridized carbons (Fsp3) is 0. The Kier molecular flexibility index (Phi) is 7.75. The maximum atomic E-state index is 6.55. The molecule has 10 aromatic carbocycles. The SMILES string of the molecule is c1cc(-c2cccc3ccccc23)cc(N(c2ccc(-c3cccc4oc5c6ccccc6ccc5c34)cc2)c2ccc(-c3cccc4sc5ccccc5c34)cc2)c1. The van der Waals surface area contributed by atoms with Crippen LogP contribution in [0, 0.1) is 0 Å². The van der Waals surface area contributed by atoms with E-state index in [0.29, 0.717) is 0 Å². The predicted molar refractivity (Wildman–Crippen MR) is 253 cm³/mol. The first kappa shape index (κ1) is 33.7. The summed E-state index contributed by atoms with van der Waals surface area (Å²) in [6.45, 7) is 0. The second-order valence-corrected chi connectivity index (χ2v) is 16.3. The largest absolute Gasteiger partial charge is 0.455 e. The van der Waals surface area contributed by atoms with Crippen LogP contribution in [0.25, 0.3) is 97.0 Å². The highest BCUT2D eigenvalue weighted by Crippen LogP contribution is 2.44. The lowest BCUT2D eigenvalue weighted by Gasteiger charge is -2.26. The van der Waals surface area contributed by atoms with Crippen LogP contribution in [0.3, 0.4) is 0 Å². The van der Waals surface area contributed by atoms with Crippen molar-refractivity contribution in [3.8, 4) is 33.4 Å². The number of anilines is 3. The summed E-state index contributed by atoms with van der Waals surface area (Å²) in [6.07, 6.45) is 0. The molecule has 12 aromatic rings. The van der Waals surface area contributed by atoms with Crippen LogP contribution in [0.1, 0.15) is 0 Å². The van der Waals surface area contributed by atoms with Crippen molar-refractivity contribution in [1.29, 1.82) is 0 Å². The van der Waals surface area contributed by atoms with Crippen molar-refractivity contribution >= 4 is 92.1 Å². The predicted octanol–water partition coefficient (Wildman–Crippen LogP) is 16.7. The van der Waals surface area contributed by atoms with E-state index < -0.39 is 0 Å². The molecule has 0 amide bonds. The number of thiophene rings is 1. The summed E-state index contributed by atoms with van der Waals surface area (Å²) < 4.78 is 9.18. The van der Waals surface area contributed by atoms with Crippen LogP contribution in [0.15, 0.2) is 217 Å². The second kappa shape index (κ2) is 13.6. The summed E-state index contributed by atoms with van der Waals surface area (Å²) in [4.78, 5) is 2.38. The lowest BCUT2D eigenvalue weighted by molar-refractivity contribution is 0.673. The van der Waals surface area contributed by atoms with E-state index in [-0.39, 0.29) is 0 Å². The van der Waals surface area contributed by atoms with Crippen molar-refractivity contribution in [3.05, 3.63) is 212 Å². The standard InChI is InChI=1S/C56H35NOS/c1-3-16-44-36(11-1)13-8-19-45(44)40-14-7-15-43(35-40)57(42-32-27-39(28-33-42)47-21-10-24-53-55(47)49-18-5-6-23-52(49)59-53)41-30-25-38(26-31-41)46-20-9-22-51-54(46)50-34-29-37-12-2-4-17-48(37)56(50)58-51/h1-35H. The van der Waals surface area contributed by atoms with Crippen molar-refractivity contribution in [1.82, 2.24) is 0 Å². The van der Waals surface area contributed by atoms with Gasteiger partial charge in [-0.1, -0.05) is 152 Å². The summed E-state index contributed by atoms with van der Waals surface area (Å²) in [6, 6.07) is 76.9. The minimum Gasteiger partial charge on any atom is -0.455 e. The Morgan fingerprint density at radius 2 is 0.915 bits per heavy atom. The van der Waals surface area contributed by atoms with Gasteiger partial charge in [-0.2, -0.15) is 0 Å². The molecular formula is C56H35NOS. The van der Waals surface area contributed by atoms with E-state index in [1.807, 2.05) is 11.3 Å². The molecule has 0 unspecified atom stereocenters. The fourth-order valence-electron chi connectivity index (χ4n) is 9.13. The van der Waals surface area contributed by atoms with Gasteiger partial charge < -0.3 is 9.32 Å². The van der Waals surface area contributed by atoms with Gasteiger partial charge in [0.25, 0.3) is 0 Å². The summed E-state index contributed by atoms with van der Waals surface area (Å²) in [5.74, 6) is 0. The molecule has 2 heterocycles. The number of benzene rings is 10. The Labute approximate surface area is 345 Å². The molecule has 0 aliphatic rings. The van der Waals surface area contributed by atoms with Gasteiger partial charge in [-0.15, -0.1) is 11.3 Å². The molecule has 3 heteroatoms. The molecule has 2 nitrogen and oxygen atoms in total. The minimum atomic E-state index is 0.899. The Balaban J connectivity index is 0.991. The third kappa shape index (κ3) is 5.55. The molecule has 59 heavy (non-hydrogen) atoms. The van der Waals surface area contributed by atoms with Gasteiger partial charge in [-0.3, -0.25) is 0 Å². The maximum Gasteiger partial charge on any atom is 0.143 e. The molecule has 0 atom stereocenters. The zero-order valence-corrected chi connectivity index (χ0v) is 32.8. The van der Waals surface area contributed by atoms with Crippen molar-refractivity contribution in [2.45, 2.75) is 0 Å². The Morgan fingerprint density at radius 3 is 1.69 bits per heavy atom. The molecule has 0 aliphatic heterocycles. The molecule has 0 saturated carbocycles. The van der Waals surface area contributed by atoms with E-state index in [9.17, 15) is 0 Å². The van der Waals surface area contributed by atoms with Crippen LogP contribution in [0.5, 0.6) is 0 Å². The van der Waals surface area contributed by atoms with Crippen LogP contribution in [-0.2, 0) is 0 Å². The molecule has 12 rings (SSSR count). The fourth-order valence-corrected chi connectivity index (χ4v) is 10.3. The summed E-state index contributed by atoms with van der Waals surface area (Å²) >= 11 is 1.86. The molecule has 0 fully saturated rings. The lowest BCUT2D eigenvalue weighted by atomic mass is 9.97. The summed E-state index contributed by atoms with van der Waals surface area (Å²) in [5.41, 5.74) is 12.3. The van der Waals surface area contributed by atoms with Gasteiger partial charge in [-0.05, 0) is 110 Å². The van der Waals surface area contributed by atoms with Crippen molar-refractivity contribution in [2.75, 3.05) is 4.90 Å². The molecule has 0 radical (unpaired) electrons. The van der Waals surface area contributed by atoms with E-state index in [2.05, 4.69) is 217 Å². The van der Waals surface area contributed by atoms with E-state index >= 15 is 0 Å². The molecule has 0 spiro atoms. The first-order valence-electron chi connectivity index (χ1n) is 20.1. The minimum absolute atomic E-state index is 0.899. The molecule has 0 saturated heterocycles. The van der Waals surface area contributed by atoms with Gasteiger partial charge in [0, 0.05) is 53.4 Å². The molecule has 0 bridgehead atoms. The maximum absolute atomic E-state index is 6.55. The normalized spacial score (nSPS) is 11.7. The first-order chi connectivity index (χ1) is 29.2. The Hall–Kier alpha value is -7.46. The van der Waals surface area contributed by atoms with Crippen molar-refractivity contribution in [3.63, 3.8) is 0 Å². The smallest absolute Gasteiger partial charge is 0.143 e. The van der Waals surface area contributed by atoms with Gasteiger partial charge in [-0.25, -0.2) is 0 Å². The molecule has 276 valence electrons. The number of hydrogen-bond acceptors (Lipinski definition) is 3. The lowest BCUT2D eigenvalue weighted by Crippen LogP contribution is -2.10. The third-order valence-electron chi connectivity index (χ3n) is 11.9. The van der Waals surface area contributed by atoms with Crippen LogP contribution in [-0.4, -0.2) is 0 Å². The topological polar surface area (TPSA) is 16.4 Å². The summed E-state index contributed by atoms with van der Waals surface area (Å²) in [5, 5.41) is 9.71. The quantitative estimate of drug-likeness (QED) is 0.167. The van der Waals surface area contributed by atoms with Crippen molar-refractivity contribution < 1.29 is 4.42 Å². The van der Waals surface area contributed by atoms with Crippen LogP contribution < -0.4 is 4.90 Å². The summed E-state index contributed by atoms with van der Waals surface area (Å²) in [7, 11) is 0. The van der Waals surface area contributed by atoms with Gasteiger partial charge >= 0.3 is 0 Å². The Bertz CT molecular complexity index is 3550. The first-order valence-corrected chi connectivity index (χ1v) is 20.9. The van der Waals surface area contributed by atoms with E-state index in [1.165, 1.54) is 58.6 Å². The molecule has 0 aliphatic carbocycles. The average Bonchev–Trinajstić information content (AvgIpc) is 3.89. The Morgan fingerprint density at radius 1 is 0.339 bits per heavy atom. The molecule has 0 N–H and O–H groups in total. The number of rotatable bonds is 6.